The number of methoxy groups -OCH3 is 2. The number of aryl methyl sites for hydroxylation is 1. The molecule has 0 amide bonds. The van der Waals surface area contributed by atoms with Gasteiger partial charge in [0.05, 0.1) is 19.2 Å². The molecule has 0 aromatic heterocycles. The fourth-order valence-corrected chi connectivity index (χ4v) is 2.11. The lowest BCUT2D eigenvalue weighted by molar-refractivity contribution is 0.354. The second-order valence-corrected chi connectivity index (χ2v) is 3.99. The third-order valence-electron chi connectivity index (χ3n) is 2.57. The first kappa shape index (κ1) is 13.1. The molecule has 1 rings (SSSR count). The lowest BCUT2D eigenvalue weighted by Gasteiger charge is -2.15. The maximum absolute atomic E-state index is 6.29. The number of hydrogen-bond donors (Lipinski definition) is 1. The van der Waals surface area contributed by atoms with Gasteiger partial charge in [-0.1, -0.05) is 11.6 Å². The van der Waals surface area contributed by atoms with Crippen molar-refractivity contribution in [3.8, 4) is 11.5 Å². The van der Waals surface area contributed by atoms with Crippen LogP contribution in [0.25, 0.3) is 0 Å². The van der Waals surface area contributed by atoms with Crippen LogP contribution >= 0.6 is 11.6 Å². The number of rotatable bonds is 5. The Labute approximate surface area is 101 Å². The van der Waals surface area contributed by atoms with E-state index < -0.39 is 0 Å². The van der Waals surface area contributed by atoms with E-state index in [9.17, 15) is 0 Å². The Hall–Kier alpha value is -0.930. The smallest absolute Gasteiger partial charge is 0.179 e. The van der Waals surface area contributed by atoms with Crippen molar-refractivity contribution in [1.82, 2.24) is 0 Å². The molecule has 16 heavy (non-hydrogen) atoms. The zero-order chi connectivity index (χ0) is 12.1. The molecule has 0 radical (unpaired) electrons. The van der Waals surface area contributed by atoms with Crippen molar-refractivity contribution >= 4 is 11.6 Å². The van der Waals surface area contributed by atoms with Crippen LogP contribution in [0.5, 0.6) is 11.5 Å². The summed E-state index contributed by atoms with van der Waals surface area (Å²) >= 11 is 6.29. The van der Waals surface area contributed by atoms with E-state index in [-0.39, 0.29) is 0 Å². The highest BCUT2D eigenvalue weighted by atomic mass is 35.5. The molecule has 0 fully saturated rings. The first-order valence-corrected chi connectivity index (χ1v) is 5.63. The Bertz CT molecular complexity index is 367. The van der Waals surface area contributed by atoms with Gasteiger partial charge < -0.3 is 15.2 Å². The highest BCUT2D eigenvalue weighted by Gasteiger charge is 2.15. The van der Waals surface area contributed by atoms with E-state index in [1.54, 1.807) is 14.2 Å². The molecule has 1 aromatic carbocycles. The third-order valence-corrected chi connectivity index (χ3v) is 2.97. The Kier molecular flexibility index (Phi) is 4.90. The molecule has 0 atom stereocenters. The zero-order valence-electron chi connectivity index (χ0n) is 9.97. The SMILES string of the molecule is COc1cc(C)c(CCCN)c(Cl)c1OC. The molecule has 0 aliphatic rings. The van der Waals surface area contributed by atoms with Crippen molar-refractivity contribution < 1.29 is 9.47 Å². The second kappa shape index (κ2) is 5.97. The fraction of sp³-hybridized carbons (Fsp3) is 0.500. The molecule has 2 N–H and O–H groups in total. The molecule has 4 heteroatoms. The van der Waals surface area contributed by atoms with E-state index in [4.69, 9.17) is 26.8 Å². The Morgan fingerprint density at radius 1 is 1.31 bits per heavy atom. The molecule has 0 spiro atoms. The van der Waals surface area contributed by atoms with Crippen LogP contribution in [-0.2, 0) is 6.42 Å². The predicted molar refractivity (Wildman–Crippen MR) is 66.7 cm³/mol. The third kappa shape index (κ3) is 2.60. The summed E-state index contributed by atoms with van der Waals surface area (Å²) in [4.78, 5) is 0. The molecule has 0 aliphatic heterocycles. The average Bonchev–Trinajstić information content (AvgIpc) is 2.28. The first-order chi connectivity index (χ1) is 7.65. The maximum Gasteiger partial charge on any atom is 0.179 e. The second-order valence-electron chi connectivity index (χ2n) is 3.61. The van der Waals surface area contributed by atoms with Crippen molar-refractivity contribution in [1.29, 1.82) is 0 Å². The van der Waals surface area contributed by atoms with E-state index in [2.05, 4.69) is 0 Å². The minimum absolute atomic E-state index is 0.599. The number of nitrogens with two attached hydrogens (primary N) is 1. The van der Waals surface area contributed by atoms with Gasteiger partial charge in [-0.25, -0.2) is 0 Å². The molecule has 90 valence electrons. The van der Waals surface area contributed by atoms with E-state index in [0.717, 1.165) is 24.0 Å². The Morgan fingerprint density at radius 3 is 2.50 bits per heavy atom. The quantitative estimate of drug-likeness (QED) is 0.865. The molecule has 3 nitrogen and oxygen atoms in total. The van der Waals surface area contributed by atoms with Crippen molar-refractivity contribution in [2.45, 2.75) is 19.8 Å². The standard InChI is InChI=1S/C12H18ClNO2/c1-8-7-10(15-2)12(16-3)11(13)9(8)5-4-6-14/h7H,4-6,14H2,1-3H3. The van der Waals surface area contributed by atoms with Gasteiger partial charge in [0.25, 0.3) is 0 Å². The van der Waals surface area contributed by atoms with E-state index in [1.807, 2.05) is 13.0 Å². The van der Waals surface area contributed by atoms with Crippen molar-refractivity contribution in [2.75, 3.05) is 20.8 Å². The van der Waals surface area contributed by atoms with E-state index in [0.29, 0.717) is 23.1 Å². The summed E-state index contributed by atoms with van der Waals surface area (Å²) in [5.74, 6) is 1.27. The number of halogens is 1. The normalized spacial score (nSPS) is 10.3. The summed E-state index contributed by atoms with van der Waals surface area (Å²) in [5, 5.41) is 0.632. The highest BCUT2D eigenvalue weighted by Crippen LogP contribution is 2.39. The van der Waals surface area contributed by atoms with Gasteiger partial charge in [-0.05, 0) is 43.5 Å². The van der Waals surface area contributed by atoms with Crippen LogP contribution in [0.4, 0.5) is 0 Å². The van der Waals surface area contributed by atoms with Crippen molar-refractivity contribution in [2.24, 2.45) is 5.73 Å². The maximum atomic E-state index is 6.29. The summed E-state index contributed by atoms with van der Waals surface area (Å²) in [6.45, 7) is 2.67. The summed E-state index contributed by atoms with van der Waals surface area (Å²) in [7, 11) is 3.19. The van der Waals surface area contributed by atoms with Crippen LogP contribution in [-0.4, -0.2) is 20.8 Å². The molecule has 0 unspecified atom stereocenters. The van der Waals surface area contributed by atoms with Crippen LogP contribution in [0, 0.1) is 6.92 Å². The minimum Gasteiger partial charge on any atom is -0.493 e. The van der Waals surface area contributed by atoms with Crippen LogP contribution in [0.3, 0.4) is 0 Å². The topological polar surface area (TPSA) is 44.5 Å². The number of hydrogen-bond acceptors (Lipinski definition) is 3. The first-order valence-electron chi connectivity index (χ1n) is 5.25. The van der Waals surface area contributed by atoms with Crippen molar-refractivity contribution in [3.63, 3.8) is 0 Å². The number of ether oxygens (including phenoxy) is 2. The Morgan fingerprint density at radius 2 is 2.00 bits per heavy atom. The van der Waals surface area contributed by atoms with Crippen LogP contribution in [0.1, 0.15) is 17.5 Å². The molecule has 0 heterocycles. The average molecular weight is 244 g/mol. The van der Waals surface area contributed by atoms with Gasteiger partial charge in [-0.15, -0.1) is 0 Å². The summed E-state index contributed by atoms with van der Waals surface area (Å²) < 4.78 is 10.5. The largest absolute Gasteiger partial charge is 0.493 e. The minimum atomic E-state index is 0.599. The molecule has 1 aromatic rings. The molecular weight excluding hydrogens is 226 g/mol. The van der Waals surface area contributed by atoms with Gasteiger partial charge >= 0.3 is 0 Å². The summed E-state index contributed by atoms with van der Waals surface area (Å²) in [6.07, 6.45) is 1.78. The van der Waals surface area contributed by atoms with Crippen LogP contribution in [0.15, 0.2) is 6.07 Å². The summed E-state index contributed by atoms with van der Waals surface area (Å²) in [5.41, 5.74) is 7.70. The van der Waals surface area contributed by atoms with Gasteiger partial charge in [0.1, 0.15) is 0 Å². The highest BCUT2D eigenvalue weighted by molar-refractivity contribution is 6.33. The predicted octanol–water partition coefficient (Wildman–Crippen LogP) is 2.56. The molecule has 0 saturated carbocycles. The van der Waals surface area contributed by atoms with Crippen LogP contribution < -0.4 is 15.2 Å². The Balaban J connectivity index is 3.18. The molecule has 0 aliphatic carbocycles. The van der Waals surface area contributed by atoms with Gasteiger partial charge in [-0.2, -0.15) is 0 Å². The lowest BCUT2D eigenvalue weighted by atomic mass is 10.0. The molecule has 0 saturated heterocycles. The summed E-state index contributed by atoms with van der Waals surface area (Å²) in [6, 6.07) is 1.94. The lowest BCUT2D eigenvalue weighted by Crippen LogP contribution is -2.03. The molecule has 0 bridgehead atoms. The zero-order valence-corrected chi connectivity index (χ0v) is 10.7. The number of benzene rings is 1. The van der Waals surface area contributed by atoms with Gasteiger partial charge in [0.15, 0.2) is 11.5 Å². The fourth-order valence-electron chi connectivity index (χ4n) is 1.70. The van der Waals surface area contributed by atoms with E-state index >= 15 is 0 Å². The van der Waals surface area contributed by atoms with Crippen molar-refractivity contribution in [3.05, 3.63) is 22.2 Å². The molecular formula is C12H18ClNO2. The van der Waals surface area contributed by atoms with Gasteiger partial charge in [0, 0.05) is 0 Å². The van der Waals surface area contributed by atoms with Crippen LogP contribution in [0.2, 0.25) is 5.02 Å². The van der Waals surface area contributed by atoms with Gasteiger partial charge in [0.2, 0.25) is 0 Å². The monoisotopic (exact) mass is 243 g/mol. The van der Waals surface area contributed by atoms with E-state index in [1.165, 1.54) is 0 Å². The van der Waals surface area contributed by atoms with Gasteiger partial charge in [-0.3, -0.25) is 0 Å².